The maximum atomic E-state index is 3.80. The van der Waals surface area contributed by atoms with Crippen LogP contribution in [-0.4, -0.2) is 6.04 Å². The third-order valence-electron chi connectivity index (χ3n) is 5.95. The highest BCUT2D eigenvalue weighted by molar-refractivity contribution is 5.15. The van der Waals surface area contributed by atoms with Crippen molar-refractivity contribution in [2.24, 2.45) is 17.3 Å². The van der Waals surface area contributed by atoms with Crippen molar-refractivity contribution < 1.29 is 0 Å². The fraction of sp³-hybridized carbons (Fsp3) is 0.667. The summed E-state index contributed by atoms with van der Waals surface area (Å²) in [7, 11) is 0. The predicted molar refractivity (Wildman–Crippen MR) is 80.9 cm³/mol. The molecule has 1 heteroatoms. The molecular weight excluding hydrogens is 230 g/mol. The summed E-state index contributed by atoms with van der Waals surface area (Å²) in [5, 5.41) is 3.80. The molecule has 0 heterocycles. The lowest BCUT2D eigenvalue weighted by molar-refractivity contribution is -0.00752. The first kappa shape index (κ1) is 13.2. The van der Waals surface area contributed by atoms with Crippen molar-refractivity contribution in [1.82, 2.24) is 5.32 Å². The normalized spacial score (nSPS) is 37.5. The van der Waals surface area contributed by atoms with Gasteiger partial charge in [-0.25, -0.2) is 0 Å². The minimum absolute atomic E-state index is 0.698. The van der Waals surface area contributed by atoms with Crippen molar-refractivity contribution in [2.75, 3.05) is 0 Å². The smallest absolute Gasteiger partial charge is 0.0208 e. The van der Waals surface area contributed by atoms with Crippen LogP contribution in [0.1, 0.15) is 51.5 Å². The molecule has 3 rings (SSSR count). The second-order valence-corrected chi connectivity index (χ2v) is 6.78. The van der Waals surface area contributed by atoms with Gasteiger partial charge < -0.3 is 5.32 Å². The lowest BCUT2D eigenvalue weighted by Gasteiger charge is -2.50. The van der Waals surface area contributed by atoms with E-state index in [1.54, 1.807) is 0 Å². The zero-order valence-electron chi connectivity index (χ0n) is 12.4. The number of nitrogens with one attached hydrogen (secondary N) is 1. The molecule has 2 saturated carbocycles. The maximum Gasteiger partial charge on any atom is 0.0208 e. The van der Waals surface area contributed by atoms with Gasteiger partial charge in [-0.2, -0.15) is 0 Å². The predicted octanol–water partition coefficient (Wildman–Crippen LogP) is 4.38. The fourth-order valence-electron chi connectivity index (χ4n) is 4.67. The Kier molecular flexibility index (Phi) is 3.66. The summed E-state index contributed by atoms with van der Waals surface area (Å²) < 4.78 is 0. The van der Waals surface area contributed by atoms with Crippen LogP contribution in [-0.2, 0) is 6.54 Å². The van der Waals surface area contributed by atoms with E-state index in [-0.39, 0.29) is 0 Å². The van der Waals surface area contributed by atoms with Gasteiger partial charge in [-0.1, -0.05) is 50.6 Å². The highest BCUT2D eigenvalue weighted by Crippen LogP contribution is 2.61. The summed E-state index contributed by atoms with van der Waals surface area (Å²) in [6.07, 6.45) is 7.14. The molecule has 0 radical (unpaired) electrons. The monoisotopic (exact) mass is 257 g/mol. The quantitative estimate of drug-likeness (QED) is 0.844. The van der Waals surface area contributed by atoms with Gasteiger partial charge in [-0.3, -0.25) is 0 Å². The van der Waals surface area contributed by atoms with E-state index in [4.69, 9.17) is 0 Å². The van der Waals surface area contributed by atoms with Crippen LogP contribution in [0.2, 0.25) is 0 Å². The van der Waals surface area contributed by atoms with Crippen LogP contribution >= 0.6 is 0 Å². The van der Waals surface area contributed by atoms with E-state index in [0.29, 0.717) is 5.41 Å². The number of hydrogen-bond acceptors (Lipinski definition) is 1. The Morgan fingerprint density at radius 1 is 1.26 bits per heavy atom. The van der Waals surface area contributed by atoms with Gasteiger partial charge in [-0.05, 0) is 48.5 Å². The molecule has 1 aromatic rings. The van der Waals surface area contributed by atoms with E-state index < -0.39 is 0 Å². The summed E-state index contributed by atoms with van der Waals surface area (Å²) >= 11 is 0. The van der Waals surface area contributed by atoms with E-state index in [1.807, 2.05) is 0 Å². The molecular formula is C18H27N. The Morgan fingerprint density at radius 3 is 2.68 bits per heavy atom. The molecule has 4 unspecified atom stereocenters. The molecule has 0 aromatic heterocycles. The van der Waals surface area contributed by atoms with Crippen molar-refractivity contribution in [2.45, 2.75) is 58.5 Å². The van der Waals surface area contributed by atoms with Crippen molar-refractivity contribution >= 4 is 0 Å². The summed E-state index contributed by atoms with van der Waals surface area (Å²) in [6, 6.07) is 11.5. The van der Waals surface area contributed by atoms with Crippen LogP contribution < -0.4 is 5.32 Å². The van der Waals surface area contributed by atoms with Gasteiger partial charge in [0.2, 0.25) is 0 Å². The van der Waals surface area contributed by atoms with Gasteiger partial charge in [0.25, 0.3) is 0 Å². The summed E-state index contributed by atoms with van der Waals surface area (Å²) in [4.78, 5) is 0. The van der Waals surface area contributed by atoms with Crippen LogP contribution in [0.5, 0.6) is 0 Å². The van der Waals surface area contributed by atoms with Crippen LogP contribution in [0, 0.1) is 17.3 Å². The number of benzene rings is 1. The Balaban J connectivity index is 1.57. The van der Waals surface area contributed by atoms with Gasteiger partial charge in [0.05, 0.1) is 0 Å². The third kappa shape index (κ3) is 2.33. The van der Waals surface area contributed by atoms with Crippen molar-refractivity contribution in [3.63, 3.8) is 0 Å². The summed E-state index contributed by atoms with van der Waals surface area (Å²) in [6.45, 7) is 5.90. The molecule has 2 fully saturated rings. The average Bonchev–Trinajstić information content (AvgIpc) is 2.76. The molecule has 0 saturated heterocycles. The van der Waals surface area contributed by atoms with Crippen LogP contribution in [0.15, 0.2) is 30.3 Å². The van der Waals surface area contributed by atoms with Gasteiger partial charge in [0.15, 0.2) is 0 Å². The van der Waals surface area contributed by atoms with Crippen molar-refractivity contribution in [3.8, 4) is 0 Å². The molecule has 1 spiro atoms. The van der Waals surface area contributed by atoms with Crippen LogP contribution in [0.4, 0.5) is 0 Å². The molecule has 2 aliphatic rings. The van der Waals surface area contributed by atoms with Crippen LogP contribution in [0.25, 0.3) is 0 Å². The molecule has 19 heavy (non-hydrogen) atoms. The number of hydrogen-bond donors (Lipinski definition) is 1. The van der Waals surface area contributed by atoms with E-state index in [0.717, 1.165) is 24.4 Å². The topological polar surface area (TPSA) is 12.0 Å². The molecule has 0 aliphatic heterocycles. The lowest BCUT2D eigenvalue weighted by Crippen LogP contribution is -2.42. The zero-order chi connectivity index (χ0) is 13.3. The molecule has 2 aliphatic carbocycles. The lowest BCUT2D eigenvalue weighted by atomic mass is 9.54. The highest BCUT2D eigenvalue weighted by Gasteiger charge is 2.53. The Labute approximate surface area is 117 Å². The van der Waals surface area contributed by atoms with E-state index in [2.05, 4.69) is 49.5 Å². The molecule has 0 bridgehead atoms. The molecule has 0 amide bonds. The maximum absolute atomic E-state index is 3.80. The first-order valence-electron chi connectivity index (χ1n) is 8.02. The second-order valence-electron chi connectivity index (χ2n) is 6.78. The van der Waals surface area contributed by atoms with Gasteiger partial charge >= 0.3 is 0 Å². The average molecular weight is 257 g/mol. The Bertz CT molecular complexity index is 411. The molecule has 1 N–H and O–H groups in total. The molecule has 104 valence electrons. The van der Waals surface area contributed by atoms with Crippen LogP contribution in [0.3, 0.4) is 0 Å². The first-order valence-corrected chi connectivity index (χ1v) is 8.02. The van der Waals surface area contributed by atoms with E-state index in [1.165, 1.54) is 37.7 Å². The third-order valence-corrected chi connectivity index (χ3v) is 5.95. The minimum Gasteiger partial charge on any atom is -0.310 e. The van der Waals surface area contributed by atoms with E-state index in [9.17, 15) is 0 Å². The molecule has 4 atom stereocenters. The fourth-order valence-corrected chi connectivity index (χ4v) is 4.67. The minimum atomic E-state index is 0.698. The van der Waals surface area contributed by atoms with E-state index >= 15 is 0 Å². The Morgan fingerprint density at radius 2 is 2.05 bits per heavy atom. The van der Waals surface area contributed by atoms with Gasteiger partial charge in [0, 0.05) is 12.6 Å². The van der Waals surface area contributed by atoms with Crippen molar-refractivity contribution in [1.29, 1.82) is 0 Å². The standard InChI is InChI=1S/C18H27N/c1-3-16-9-10-18(16)12-17(11-14(18)2)19-13-15-7-5-4-6-8-15/h4-8,14,16-17,19H,3,9-13H2,1-2H3. The van der Waals surface area contributed by atoms with Crippen molar-refractivity contribution in [3.05, 3.63) is 35.9 Å². The van der Waals surface area contributed by atoms with Gasteiger partial charge in [-0.15, -0.1) is 0 Å². The molecule has 1 nitrogen and oxygen atoms in total. The zero-order valence-corrected chi connectivity index (χ0v) is 12.4. The first-order chi connectivity index (χ1) is 9.24. The molecule has 1 aromatic carbocycles. The largest absolute Gasteiger partial charge is 0.310 e. The van der Waals surface area contributed by atoms with Gasteiger partial charge in [0.1, 0.15) is 0 Å². The summed E-state index contributed by atoms with van der Waals surface area (Å²) in [5.41, 5.74) is 2.11. The SMILES string of the molecule is CCC1CCC12CC(NCc1ccccc1)CC2C. The number of rotatable bonds is 4. The Hall–Kier alpha value is -0.820. The summed E-state index contributed by atoms with van der Waals surface area (Å²) in [5.74, 6) is 1.92. The second kappa shape index (κ2) is 5.28. The highest BCUT2D eigenvalue weighted by atomic mass is 14.9.